The van der Waals surface area contributed by atoms with E-state index in [4.69, 9.17) is 4.74 Å². The minimum Gasteiger partial charge on any atom is -0.497 e. The van der Waals surface area contributed by atoms with E-state index in [1.807, 2.05) is 0 Å². The van der Waals surface area contributed by atoms with Crippen molar-refractivity contribution < 1.29 is 33.0 Å². The zero-order chi connectivity index (χ0) is 23.7. The number of carbonyl (C=O) groups is 3. The van der Waals surface area contributed by atoms with Gasteiger partial charge in [-0.25, -0.2) is 13.6 Å². The molecule has 0 unspecified atom stereocenters. The van der Waals surface area contributed by atoms with E-state index in [0.29, 0.717) is 17.4 Å². The monoisotopic (exact) mass is 447 g/mol. The number of rotatable bonds is 7. The Labute approximate surface area is 183 Å². The standard InChI is InChI=1S/C22H23F2N3O5/c1-21(31,16-9-6-14(23)10-17(16)24)12-25-18(28)11-27-19(29)22(2,26-20(27)30)13-4-7-15(32-3)8-5-13/h4-10,31H,11-12H2,1-3H3,(H,25,28)(H,26,30)/t21-,22+/m0/s1. The summed E-state index contributed by atoms with van der Waals surface area (Å²) in [6, 6.07) is 8.50. The van der Waals surface area contributed by atoms with E-state index in [9.17, 15) is 28.3 Å². The molecule has 1 saturated heterocycles. The van der Waals surface area contributed by atoms with E-state index in [-0.39, 0.29) is 5.56 Å². The Morgan fingerprint density at radius 3 is 2.47 bits per heavy atom. The number of carbonyl (C=O) groups excluding carboxylic acids is 3. The first kappa shape index (κ1) is 23.1. The molecule has 1 heterocycles. The molecule has 4 amide bonds. The molecule has 3 rings (SSSR count). The van der Waals surface area contributed by atoms with Crippen molar-refractivity contribution in [3.63, 3.8) is 0 Å². The highest BCUT2D eigenvalue weighted by Gasteiger charge is 2.49. The van der Waals surface area contributed by atoms with Gasteiger partial charge in [-0.15, -0.1) is 0 Å². The summed E-state index contributed by atoms with van der Waals surface area (Å²) in [5.41, 5.74) is -2.91. The fourth-order valence-electron chi connectivity index (χ4n) is 3.45. The number of amides is 4. The molecule has 3 N–H and O–H groups in total. The molecule has 0 spiro atoms. The van der Waals surface area contributed by atoms with Crippen LogP contribution in [0.4, 0.5) is 13.6 Å². The topological polar surface area (TPSA) is 108 Å². The van der Waals surface area contributed by atoms with Crippen LogP contribution in [0.1, 0.15) is 25.0 Å². The summed E-state index contributed by atoms with van der Waals surface area (Å²) in [6.45, 7) is 1.75. The second-order valence-corrected chi connectivity index (χ2v) is 7.85. The fourth-order valence-corrected chi connectivity index (χ4v) is 3.45. The van der Waals surface area contributed by atoms with Crippen molar-refractivity contribution in [3.05, 3.63) is 65.2 Å². The molecule has 0 aliphatic carbocycles. The zero-order valence-electron chi connectivity index (χ0n) is 17.7. The summed E-state index contributed by atoms with van der Waals surface area (Å²) in [4.78, 5) is 38.4. The van der Waals surface area contributed by atoms with Crippen LogP contribution in [0.2, 0.25) is 0 Å². The molecule has 1 aliphatic rings. The van der Waals surface area contributed by atoms with Crippen molar-refractivity contribution in [2.75, 3.05) is 20.2 Å². The quantitative estimate of drug-likeness (QED) is 0.561. The normalized spacial score (nSPS) is 20.0. The van der Waals surface area contributed by atoms with E-state index in [0.717, 1.165) is 17.0 Å². The largest absolute Gasteiger partial charge is 0.497 e. The smallest absolute Gasteiger partial charge is 0.325 e. The maximum absolute atomic E-state index is 14.0. The van der Waals surface area contributed by atoms with Gasteiger partial charge >= 0.3 is 6.03 Å². The predicted molar refractivity (Wildman–Crippen MR) is 110 cm³/mol. The first-order chi connectivity index (χ1) is 15.0. The average Bonchev–Trinajstić information content (AvgIpc) is 2.96. The molecule has 2 aromatic rings. The molecule has 0 bridgehead atoms. The third kappa shape index (κ3) is 4.40. The molecule has 10 heteroatoms. The lowest BCUT2D eigenvalue weighted by Gasteiger charge is -2.25. The van der Waals surface area contributed by atoms with Gasteiger partial charge in [0.1, 0.15) is 35.1 Å². The number of ether oxygens (including phenoxy) is 1. The van der Waals surface area contributed by atoms with Gasteiger partial charge in [0.05, 0.1) is 13.7 Å². The maximum atomic E-state index is 14.0. The first-order valence-electron chi connectivity index (χ1n) is 9.71. The number of halogens is 2. The van der Waals surface area contributed by atoms with Gasteiger partial charge in [-0.1, -0.05) is 18.2 Å². The zero-order valence-corrected chi connectivity index (χ0v) is 17.7. The number of hydrogen-bond donors (Lipinski definition) is 3. The minimum atomic E-state index is -1.84. The number of methoxy groups -OCH3 is 1. The van der Waals surface area contributed by atoms with Gasteiger partial charge < -0.3 is 20.5 Å². The Hall–Kier alpha value is -3.53. The van der Waals surface area contributed by atoms with E-state index in [2.05, 4.69) is 10.6 Å². The maximum Gasteiger partial charge on any atom is 0.325 e. The van der Waals surface area contributed by atoms with Crippen molar-refractivity contribution >= 4 is 17.8 Å². The highest BCUT2D eigenvalue weighted by molar-refractivity contribution is 6.09. The predicted octanol–water partition coefficient (Wildman–Crippen LogP) is 1.76. The molecule has 0 saturated carbocycles. The van der Waals surface area contributed by atoms with Crippen LogP contribution in [0.25, 0.3) is 0 Å². The van der Waals surface area contributed by atoms with Crippen LogP contribution in [-0.2, 0) is 20.7 Å². The van der Waals surface area contributed by atoms with Crippen molar-refractivity contribution in [1.29, 1.82) is 0 Å². The Kier molecular flexibility index (Phi) is 6.18. The second-order valence-electron chi connectivity index (χ2n) is 7.85. The van der Waals surface area contributed by atoms with Gasteiger partial charge in [-0.2, -0.15) is 0 Å². The summed E-state index contributed by atoms with van der Waals surface area (Å²) < 4.78 is 32.2. The molecule has 0 aromatic heterocycles. The van der Waals surface area contributed by atoms with Crippen LogP contribution in [0.3, 0.4) is 0 Å². The lowest BCUT2D eigenvalue weighted by atomic mass is 9.92. The lowest BCUT2D eigenvalue weighted by molar-refractivity contribution is -0.135. The van der Waals surface area contributed by atoms with Crippen LogP contribution in [0, 0.1) is 11.6 Å². The van der Waals surface area contributed by atoms with E-state index >= 15 is 0 Å². The second kappa shape index (κ2) is 8.54. The number of benzene rings is 2. The van der Waals surface area contributed by atoms with Crippen molar-refractivity contribution in [2.24, 2.45) is 0 Å². The van der Waals surface area contributed by atoms with E-state index < -0.39 is 53.7 Å². The fraction of sp³-hybridized carbons (Fsp3) is 0.318. The van der Waals surface area contributed by atoms with Gasteiger partial charge in [-0.3, -0.25) is 14.5 Å². The highest BCUT2D eigenvalue weighted by Crippen LogP contribution is 2.30. The molecular formula is C22H23F2N3O5. The van der Waals surface area contributed by atoms with Crippen LogP contribution in [0.15, 0.2) is 42.5 Å². The molecule has 0 radical (unpaired) electrons. The summed E-state index contributed by atoms with van der Waals surface area (Å²) >= 11 is 0. The molecule has 32 heavy (non-hydrogen) atoms. The van der Waals surface area contributed by atoms with Crippen molar-refractivity contribution in [2.45, 2.75) is 25.0 Å². The van der Waals surface area contributed by atoms with Crippen LogP contribution < -0.4 is 15.4 Å². The van der Waals surface area contributed by atoms with Gasteiger partial charge in [-0.05, 0) is 37.6 Å². The Bertz CT molecular complexity index is 1060. The number of nitrogens with one attached hydrogen (secondary N) is 2. The van der Waals surface area contributed by atoms with Gasteiger partial charge in [0.15, 0.2) is 0 Å². The molecule has 170 valence electrons. The Morgan fingerprint density at radius 2 is 1.88 bits per heavy atom. The van der Waals surface area contributed by atoms with E-state index in [1.54, 1.807) is 24.3 Å². The first-order valence-corrected chi connectivity index (χ1v) is 9.71. The number of hydrogen-bond acceptors (Lipinski definition) is 5. The highest BCUT2D eigenvalue weighted by atomic mass is 19.1. The molecule has 1 aliphatic heterocycles. The van der Waals surface area contributed by atoms with Crippen LogP contribution in [-0.4, -0.2) is 48.1 Å². The lowest BCUT2D eigenvalue weighted by Crippen LogP contribution is -2.46. The van der Waals surface area contributed by atoms with Gasteiger partial charge in [0.25, 0.3) is 5.91 Å². The SMILES string of the molecule is COc1ccc([C@@]2(C)NC(=O)N(CC(=O)NC[C@](C)(O)c3ccc(F)cc3F)C2=O)cc1. The van der Waals surface area contributed by atoms with Crippen molar-refractivity contribution in [3.8, 4) is 5.75 Å². The molecular weight excluding hydrogens is 424 g/mol. The van der Waals surface area contributed by atoms with Crippen LogP contribution in [0.5, 0.6) is 5.75 Å². The van der Waals surface area contributed by atoms with Crippen molar-refractivity contribution in [1.82, 2.24) is 15.5 Å². The number of aliphatic hydroxyl groups is 1. The summed E-state index contributed by atoms with van der Waals surface area (Å²) in [5.74, 6) is -2.55. The molecule has 2 atom stereocenters. The molecule has 2 aromatic carbocycles. The van der Waals surface area contributed by atoms with Gasteiger partial charge in [0.2, 0.25) is 5.91 Å². The number of urea groups is 1. The van der Waals surface area contributed by atoms with Gasteiger partial charge in [0, 0.05) is 11.6 Å². The minimum absolute atomic E-state index is 0.207. The van der Waals surface area contributed by atoms with E-state index in [1.165, 1.54) is 21.0 Å². The van der Waals surface area contributed by atoms with Crippen LogP contribution >= 0.6 is 0 Å². The Balaban J connectivity index is 1.67. The average molecular weight is 447 g/mol. The number of nitrogens with zero attached hydrogens (tertiary/aromatic N) is 1. The molecule has 1 fully saturated rings. The summed E-state index contributed by atoms with van der Waals surface area (Å²) in [5, 5.41) is 15.5. The Morgan fingerprint density at radius 1 is 1.22 bits per heavy atom. The third-order valence-electron chi connectivity index (χ3n) is 5.39. The summed E-state index contributed by atoms with van der Waals surface area (Å²) in [6.07, 6.45) is 0. The number of imide groups is 1. The molecule has 8 nitrogen and oxygen atoms in total. The summed E-state index contributed by atoms with van der Waals surface area (Å²) in [7, 11) is 1.50. The third-order valence-corrected chi connectivity index (χ3v) is 5.39.